The van der Waals surface area contributed by atoms with E-state index in [9.17, 15) is 25.7 Å². The van der Waals surface area contributed by atoms with Crippen molar-refractivity contribution in [3.63, 3.8) is 0 Å². The second-order valence-electron chi connectivity index (χ2n) is 8.20. The Kier molecular flexibility index (Phi) is 7.06. The number of benzene rings is 2. The van der Waals surface area contributed by atoms with Crippen molar-refractivity contribution in [2.24, 2.45) is 0 Å². The lowest BCUT2D eigenvalue weighted by Gasteiger charge is -2.40. The Morgan fingerprint density at radius 1 is 1.03 bits per heavy atom. The summed E-state index contributed by atoms with van der Waals surface area (Å²) in [5.74, 6) is 0.764. The molecule has 0 amide bonds. The lowest BCUT2D eigenvalue weighted by Crippen LogP contribution is -2.55. The molecule has 32 heavy (non-hydrogen) atoms. The molecule has 2 aromatic rings. The molecular formula is C24H27NO7. The van der Waals surface area contributed by atoms with Gasteiger partial charge in [-0.3, -0.25) is 0 Å². The van der Waals surface area contributed by atoms with E-state index in [-0.39, 0.29) is 6.10 Å². The van der Waals surface area contributed by atoms with E-state index in [0.29, 0.717) is 30.8 Å². The van der Waals surface area contributed by atoms with Crippen molar-refractivity contribution in [2.45, 2.75) is 49.5 Å². The van der Waals surface area contributed by atoms with Gasteiger partial charge in [-0.1, -0.05) is 24.3 Å². The van der Waals surface area contributed by atoms with Crippen molar-refractivity contribution < 1.29 is 34.6 Å². The van der Waals surface area contributed by atoms with Crippen LogP contribution < -0.4 is 4.74 Å². The zero-order chi connectivity index (χ0) is 22.7. The normalized spacial score (nSPS) is 30.1. The van der Waals surface area contributed by atoms with E-state index in [0.717, 1.165) is 23.3 Å². The first-order valence-corrected chi connectivity index (χ1v) is 10.7. The van der Waals surface area contributed by atoms with Crippen LogP contribution in [0, 0.1) is 11.3 Å². The maximum absolute atomic E-state index is 10.4. The maximum Gasteiger partial charge on any atom is 0.124 e. The third-order valence-electron chi connectivity index (χ3n) is 5.98. The highest BCUT2D eigenvalue weighted by atomic mass is 16.5. The van der Waals surface area contributed by atoms with Crippen molar-refractivity contribution in [1.82, 2.24) is 0 Å². The number of rotatable bonds is 6. The van der Waals surface area contributed by atoms with Gasteiger partial charge >= 0.3 is 0 Å². The largest absolute Gasteiger partial charge is 0.488 e. The second kappa shape index (κ2) is 9.96. The molecule has 2 heterocycles. The summed E-state index contributed by atoms with van der Waals surface area (Å²) in [7, 11) is 0. The molecule has 170 valence electrons. The summed E-state index contributed by atoms with van der Waals surface area (Å²) in [4.78, 5) is 0. The standard InChI is InChI=1S/C24H27NO7/c25-11-16-4-3-15(24-23(29)22(28)21(27)20(12-26)32-24)10-17(16)9-14-1-5-18(6-2-14)31-19-7-8-30-13-19/h1-6,10,19-24,26-29H,7-9,12-13H2/t19-,20-,21-,22+,23-,24+/m1/s1. The number of nitriles is 1. The summed E-state index contributed by atoms with van der Waals surface area (Å²) in [6.07, 6.45) is -4.76. The van der Waals surface area contributed by atoms with E-state index in [2.05, 4.69) is 6.07 Å². The average Bonchev–Trinajstić information content (AvgIpc) is 3.32. The van der Waals surface area contributed by atoms with Crippen LogP contribution >= 0.6 is 0 Å². The number of hydrogen-bond acceptors (Lipinski definition) is 8. The van der Waals surface area contributed by atoms with Crippen LogP contribution in [-0.2, 0) is 15.9 Å². The Morgan fingerprint density at radius 2 is 1.81 bits per heavy atom. The summed E-state index contributed by atoms with van der Waals surface area (Å²) in [5.41, 5.74) is 2.75. The molecule has 0 saturated carbocycles. The minimum absolute atomic E-state index is 0.0706. The quantitative estimate of drug-likeness (QED) is 0.518. The maximum atomic E-state index is 10.4. The SMILES string of the molecule is N#Cc1ccc([C@@H]2O[C@H](CO)[C@@H](O)[C@H](O)[C@H]2O)cc1Cc1ccc(O[C@@H]2CCOC2)cc1. The molecule has 0 aliphatic carbocycles. The fourth-order valence-corrected chi connectivity index (χ4v) is 4.13. The van der Waals surface area contributed by atoms with Crippen molar-refractivity contribution in [2.75, 3.05) is 19.8 Å². The van der Waals surface area contributed by atoms with Gasteiger partial charge in [0.05, 0.1) is 31.5 Å². The molecule has 8 nitrogen and oxygen atoms in total. The molecule has 2 aromatic carbocycles. The highest BCUT2D eigenvalue weighted by Crippen LogP contribution is 2.33. The molecule has 0 bridgehead atoms. The van der Waals surface area contributed by atoms with E-state index < -0.39 is 37.1 Å². The Labute approximate surface area is 186 Å². The molecule has 2 aliphatic rings. The molecule has 0 aromatic heterocycles. The van der Waals surface area contributed by atoms with Crippen LogP contribution in [-0.4, -0.2) is 70.8 Å². The summed E-state index contributed by atoms with van der Waals surface area (Å²) in [6, 6.07) is 14.9. The van der Waals surface area contributed by atoms with E-state index in [4.69, 9.17) is 14.2 Å². The first-order chi connectivity index (χ1) is 15.5. The van der Waals surface area contributed by atoms with E-state index >= 15 is 0 Å². The molecule has 6 atom stereocenters. The van der Waals surface area contributed by atoms with Crippen molar-refractivity contribution >= 4 is 0 Å². The molecule has 4 N–H and O–H groups in total. The highest BCUT2D eigenvalue weighted by Gasteiger charge is 2.44. The third-order valence-corrected chi connectivity index (χ3v) is 5.98. The van der Waals surface area contributed by atoms with Gasteiger partial charge in [0, 0.05) is 6.42 Å². The van der Waals surface area contributed by atoms with Gasteiger partial charge in [-0.2, -0.15) is 5.26 Å². The Balaban J connectivity index is 1.53. The van der Waals surface area contributed by atoms with Gasteiger partial charge < -0.3 is 34.6 Å². The van der Waals surface area contributed by atoms with Gasteiger partial charge in [-0.25, -0.2) is 0 Å². The van der Waals surface area contributed by atoms with Gasteiger partial charge in [0.2, 0.25) is 0 Å². The third kappa shape index (κ3) is 4.79. The topological polar surface area (TPSA) is 132 Å². The number of ether oxygens (including phenoxy) is 3. The van der Waals surface area contributed by atoms with Crippen LogP contribution in [0.25, 0.3) is 0 Å². The highest BCUT2D eigenvalue weighted by molar-refractivity contribution is 5.44. The Morgan fingerprint density at radius 3 is 2.47 bits per heavy atom. The summed E-state index contributed by atoms with van der Waals surface area (Å²) in [6.45, 7) is 0.814. The lowest BCUT2D eigenvalue weighted by atomic mass is 9.89. The van der Waals surface area contributed by atoms with Crippen LogP contribution in [0.1, 0.15) is 34.8 Å². The molecule has 4 rings (SSSR count). The second-order valence-corrected chi connectivity index (χ2v) is 8.20. The number of aliphatic hydroxyl groups excluding tert-OH is 4. The van der Waals surface area contributed by atoms with Gasteiger partial charge in [0.1, 0.15) is 42.4 Å². The van der Waals surface area contributed by atoms with Crippen LogP contribution in [0.5, 0.6) is 5.75 Å². The van der Waals surface area contributed by atoms with Gasteiger partial charge in [-0.15, -0.1) is 0 Å². The Hall–Kier alpha value is -2.51. The smallest absolute Gasteiger partial charge is 0.124 e. The minimum atomic E-state index is -1.46. The molecule has 0 spiro atoms. The van der Waals surface area contributed by atoms with Crippen LogP contribution in [0.3, 0.4) is 0 Å². The van der Waals surface area contributed by atoms with Gasteiger partial charge in [-0.05, 0) is 41.3 Å². The molecule has 2 saturated heterocycles. The van der Waals surface area contributed by atoms with Crippen LogP contribution in [0.4, 0.5) is 0 Å². The molecular weight excluding hydrogens is 414 g/mol. The zero-order valence-corrected chi connectivity index (χ0v) is 17.5. The summed E-state index contributed by atoms with van der Waals surface area (Å²) >= 11 is 0. The minimum Gasteiger partial charge on any atom is -0.488 e. The zero-order valence-electron chi connectivity index (χ0n) is 17.5. The van der Waals surface area contributed by atoms with Crippen molar-refractivity contribution in [3.8, 4) is 11.8 Å². The fourth-order valence-electron chi connectivity index (χ4n) is 4.13. The molecule has 2 fully saturated rings. The Bertz CT molecular complexity index is 950. The number of hydrogen-bond donors (Lipinski definition) is 4. The van der Waals surface area contributed by atoms with Gasteiger partial charge in [0.15, 0.2) is 0 Å². The van der Waals surface area contributed by atoms with E-state index in [1.54, 1.807) is 18.2 Å². The van der Waals surface area contributed by atoms with E-state index in [1.165, 1.54) is 0 Å². The van der Waals surface area contributed by atoms with E-state index in [1.807, 2.05) is 24.3 Å². The molecule has 2 aliphatic heterocycles. The average molecular weight is 441 g/mol. The molecule has 8 heteroatoms. The van der Waals surface area contributed by atoms with Gasteiger partial charge in [0.25, 0.3) is 0 Å². The predicted octanol–water partition coefficient (Wildman–Crippen LogP) is 0.832. The lowest BCUT2D eigenvalue weighted by molar-refractivity contribution is -0.231. The first kappa shape index (κ1) is 22.7. The van der Waals surface area contributed by atoms with Crippen molar-refractivity contribution in [1.29, 1.82) is 5.26 Å². The summed E-state index contributed by atoms with van der Waals surface area (Å²) in [5, 5.41) is 49.5. The summed E-state index contributed by atoms with van der Waals surface area (Å²) < 4.78 is 16.9. The van der Waals surface area contributed by atoms with Crippen molar-refractivity contribution in [3.05, 3.63) is 64.7 Å². The monoisotopic (exact) mass is 441 g/mol. The molecule has 0 unspecified atom stereocenters. The fraction of sp³-hybridized carbons (Fsp3) is 0.458. The van der Waals surface area contributed by atoms with Crippen LogP contribution in [0.2, 0.25) is 0 Å². The number of aliphatic hydroxyl groups is 4. The first-order valence-electron chi connectivity index (χ1n) is 10.7. The predicted molar refractivity (Wildman–Crippen MR) is 113 cm³/mol. The number of nitrogens with zero attached hydrogens (tertiary/aromatic N) is 1. The van der Waals surface area contributed by atoms with Crippen LogP contribution in [0.15, 0.2) is 42.5 Å². The molecule has 0 radical (unpaired) electrons.